The third kappa shape index (κ3) is 3.80. The van der Waals surface area contributed by atoms with Crippen LogP contribution >= 0.6 is 0 Å². The molecule has 6 nitrogen and oxygen atoms in total. The zero-order chi connectivity index (χ0) is 21.3. The maximum absolute atomic E-state index is 11.7. The smallest absolute Gasteiger partial charge is 0.274 e. The third-order valence-electron chi connectivity index (χ3n) is 6.33. The maximum atomic E-state index is 11.7. The highest BCUT2D eigenvalue weighted by molar-refractivity contribution is 5.93. The predicted octanol–water partition coefficient (Wildman–Crippen LogP) is 4.58. The summed E-state index contributed by atoms with van der Waals surface area (Å²) in [5.74, 6) is 1.07. The van der Waals surface area contributed by atoms with Crippen LogP contribution < -0.4 is 10.2 Å². The van der Waals surface area contributed by atoms with E-state index in [9.17, 15) is 4.79 Å². The van der Waals surface area contributed by atoms with Crippen LogP contribution in [-0.4, -0.2) is 34.7 Å². The lowest BCUT2D eigenvalue weighted by atomic mass is 9.87. The number of hydrogen-bond acceptors (Lipinski definition) is 4. The van der Waals surface area contributed by atoms with Crippen LogP contribution in [0.4, 0.5) is 0 Å². The van der Waals surface area contributed by atoms with Crippen LogP contribution in [0, 0.1) is 12.8 Å². The van der Waals surface area contributed by atoms with Gasteiger partial charge in [0.1, 0.15) is 5.75 Å². The summed E-state index contributed by atoms with van der Waals surface area (Å²) in [6, 6.07) is 12.0. The van der Waals surface area contributed by atoms with E-state index in [4.69, 9.17) is 9.94 Å². The Balaban J connectivity index is 1.67. The number of methoxy groups -OCH3 is 1. The molecule has 0 bridgehead atoms. The molecule has 1 aromatic heterocycles. The van der Waals surface area contributed by atoms with Gasteiger partial charge in [-0.25, -0.2) is 5.48 Å². The van der Waals surface area contributed by atoms with Crippen LogP contribution in [0.15, 0.2) is 42.6 Å². The summed E-state index contributed by atoms with van der Waals surface area (Å²) in [7, 11) is 1.73. The second-order valence-corrected chi connectivity index (χ2v) is 8.32. The van der Waals surface area contributed by atoms with E-state index in [1.165, 1.54) is 22.1 Å². The number of nitrogens with one attached hydrogen (secondary N) is 2. The second kappa shape index (κ2) is 8.50. The summed E-state index contributed by atoms with van der Waals surface area (Å²) in [6.07, 6.45) is 4.21. The first-order valence-corrected chi connectivity index (χ1v) is 10.4. The van der Waals surface area contributed by atoms with E-state index < -0.39 is 5.91 Å². The molecule has 0 spiro atoms. The number of ether oxygens (including phenoxy) is 1. The number of hydroxylamine groups is 1. The lowest BCUT2D eigenvalue weighted by molar-refractivity contribution is 0.0706. The Bertz CT molecular complexity index is 1040. The van der Waals surface area contributed by atoms with Gasteiger partial charge in [0, 0.05) is 40.8 Å². The Morgan fingerprint density at radius 3 is 2.77 bits per heavy atom. The van der Waals surface area contributed by atoms with E-state index in [1.54, 1.807) is 24.7 Å². The first kappa shape index (κ1) is 20.4. The van der Waals surface area contributed by atoms with Crippen LogP contribution in [0.1, 0.15) is 52.9 Å². The van der Waals surface area contributed by atoms with Gasteiger partial charge in [0.2, 0.25) is 0 Å². The van der Waals surface area contributed by atoms with Gasteiger partial charge in [-0.2, -0.15) is 0 Å². The fraction of sp³-hybridized carbons (Fsp3) is 0.375. The van der Waals surface area contributed by atoms with Crippen LogP contribution in [-0.2, 0) is 6.54 Å². The van der Waals surface area contributed by atoms with Gasteiger partial charge in [-0.05, 0) is 67.6 Å². The third-order valence-corrected chi connectivity index (χ3v) is 6.33. The standard InChI is InChI=1S/C24H29N3O3/c1-15-9-11-27(21(12-15)17-4-6-18(7-5-17)24(28)26-29)14-20-19-8-10-25-23(19)16(2)13-22(20)30-3/h4-8,10,13,15,21,25,29H,9,11-12,14H2,1-3H3,(H,26,28). The number of aryl methyl sites for hydroxylation is 1. The van der Waals surface area contributed by atoms with Crippen molar-refractivity contribution in [2.24, 2.45) is 5.92 Å². The van der Waals surface area contributed by atoms with Crippen molar-refractivity contribution >= 4 is 16.8 Å². The van der Waals surface area contributed by atoms with E-state index in [0.29, 0.717) is 11.5 Å². The number of carbonyl (C=O) groups is 1. The number of hydrogen-bond donors (Lipinski definition) is 3. The molecule has 3 aromatic rings. The van der Waals surface area contributed by atoms with Gasteiger partial charge in [0.15, 0.2) is 0 Å². The summed E-state index contributed by atoms with van der Waals surface area (Å²) in [4.78, 5) is 17.5. The zero-order valence-electron chi connectivity index (χ0n) is 17.7. The lowest BCUT2D eigenvalue weighted by Crippen LogP contribution is -2.36. The Hall–Kier alpha value is -2.83. The lowest BCUT2D eigenvalue weighted by Gasteiger charge is -2.39. The second-order valence-electron chi connectivity index (χ2n) is 8.32. The van der Waals surface area contributed by atoms with Crippen molar-refractivity contribution in [2.75, 3.05) is 13.7 Å². The summed E-state index contributed by atoms with van der Waals surface area (Å²) in [5, 5.41) is 10.1. The Morgan fingerprint density at radius 2 is 2.07 bits per heavy atom. The molecule has 0 aliphatic carbocycles. The number of carbonyl (C=O) groups excluding carboxylic acids is 1. The highest BCUT2D eigenvalue weighted by Gasteiger charge is 2.29. The number of amides is 1. The topological polar surface area (TPSA) is 77.6 Å². The average Bonchev–Trinajstić information content (AvgIpc) is 3.26. The van der Waals surface area contributed by atoms with Crippen LogP contribution in [0.2, 0.25) is 0 Å². The predicted molar refractivity (Wildman–Crippen MR) is 117 cm³/mol. The minimum absolute atomic E-state index is 0.264. The molecule has 4 rings (SSSR count). The molecule has 2 heterocycles. The molecule has 0 radical (unpaired) electrons. The van der Waals surface area contributed by atoms with Crippen molar-refractivity contribution < 1.29 is 14.7 Å². The summed E-state index contributed by atoms with van der Waals surface area (Å²) in [5.41, 5.74) is 6.87. The first-order valence-electron chi connectivity index (χ1n) is 10.4. The molecule has 2 aromatic carbocycles. The molecular weight excluding hydrogens is 378 g/mol. The number of H-pyrrole nitrogens is 1. The SMILES string of the molecule is COc1cc(C)c2[nH]ccc2c1CN1CCC(C)CC1c1ccc(C(=O)NO)cc1. The quantitative estimate of drug-likeness (QED) is 0.427. The molecule has 0 saturated carbocycles. The van der Waals surface area contributed by atoms with E-state index in [2.05, 4.69) is 35.9 Å². The molecule has 2 unspecified atom stereocenters. The van der Waals surface area contributed by atoms with Crippen molar-refractivity contribution in [2.45, 2.75) is 39.3 Å². The number of rotatable bonds is 5. The largest absolute Gasteiger partial charge is 0.496 e. The highest BCUT2D eigenvalue weighted by Crippen LogP contribution is 2.38. The number of fused-ring (bicyclic) bond motifs is 1. The maximum Gasteiger partial charge on any atom is 0.274 e. The molecule has 30 heavy (non-hydrogen) atoms. The molecular formula is C24H29N3O3. The summed E-state index contributed by atoms with van der Waals surface area (Å²) < 4.78 is 5.75. The molecule has 3 N–H and O–H groups in total. The first-order chi connectivity index (χ1) is 14.5. The van der Waals surface area contributed by atoms with Gasteiger partial charge < -0.3 is 9.72 Å². The Labute approximate surface area is 176 Å². The van der Waals surface area contributed by atoms with Crippen molar-refractivity contribution in [3.63, 3.8) is 0 Å². The summed E-state index contributed by atoms with van der Waals surface area (Å²) >= 11 is 0. The van der Waals surface area contributed by atoms with E-state index in [0.717, 1.165) is 37.2 Å². The fourth-order valence-corrected chi connectivity index (χ4v) is 4.63. The molecule has 158 valence electrons. The Kier molecular flexibility index (Phi) is 5.79. The van der Waals surface area contributed by atoms with Crippen molar-refractivity contribution in [1.29, 1.82) is 0 Å². The van der Waals surface area contributed by atoms with Crippen LogP contribution in [0.3, 0.4) is 0 Å². The number of aromatic nitrogens is 1. The van der Waals surface area contributed by atoms with Crippen LogP contribution in [0.5, 0.6) is 5.75 Å². The molecule has 1 saturated heterocycles. The Morgan fingerprint density at radius 1 is 1.30 bits per heavy atom. The van der Waals surface area contributed by atoms with Gasteiger partial charge in [-0.15, -0.1) is 0 Å². The van der Waals surface area contributed by atoms with Gasteiger partial charge in [0.25, 0.3) is 5.91 Å². The molecule has 1 amide bonds. The number of aromatic amines is 1. The molecule has 1 aliphatic rings. The molecule has 2 atom stereocenters. The number of likely N-dealkylation sites (tertiary alicyclic amines) is 1. The minimum atomic E-state index is -0.491. The number of benzene rings is 2. The van der Waals surface area contributed by atoms with Crippen LogP contribution in [0.25, 0.3) is 10.9 Å². The normalized spacial score (nSPS) is 19.7. The summed E-state index contributed by atoms with van der Waals surface area (Å²) in [6.45, 7) is 6.21. The molecule has 6 heteroatoms. The highest BCUT2D eigenvalue weighted by atomic mass is 16.5. The average molecular weight is 408 g/mol. The van der Waals surface area contributed by atoms with Crippen molar-refractivity contribution in [3.05, 3.63) is 64.8 Å². The monoisotopic (exact) mass is 407 g/mol. The minimum Gasteiger partial charge on any atom is -0.496 e. The zero-order valence-corrected chi connectivity index (χ0v) is 17.7. The van der Waals surface area contributed by atoms with Crippen molar-refractivity contribution in [3.8, 4) is 5.75 Å². The van der Waals surface area contributed by atoms with E-state index in [1.807, 2.05) is 18.3 Å². The van der Waals surface area contributed by atoms with Gasteiger partial charge >= 0.3 is 0 Å². The molecule has 1 fully saturated rings. The number of piperidine rings is 1. The van der Waals surface area contributed by atoms with E-state index >= 15 is 0 Å². The van der Waals surface area contributed by atoms with Gasteiger partial charge in [0.05, 0.1) is 7.11 Å². The fourth-order valence-electron chi connectivity index (χ4n) is 4.63. The van der Waals surface area contributed by atoms with E-state index in [-0.39, 0.29) is 6.04 Å². The van der Waals surface area contributed by atoms with Gasteiger partial charge in [-0.1, -0.05) is 19.1 Å². The molecule has 1 aliphatic heterocycles. The van der Waals surface area contributed by atoms with Gasteiger partial charge in [-0.3, -0.25) is 14.9 Å². The number of nitrogens with zero attached hydrogens (tertiary/aromatic N) is 1. The van der Waals surface area contributed by atoms with Crippen molar-refractivity contribution in [1.82, 2.24) is 15.4 Å².